The number of amides is 1. The second-order valence-electron chi connectivity index (χ2n) is 6.86. The van der Waals surface area contributed by atoms with Gasteiger partial charge in [0, 0.05) is 29.7 Å². The monoisotopic (exact) mass is 450 g/mol. The van der Waals surface area contributed by atoms with Gasteiger partial charge in [0.2, 0.25) is 5.91 Å². The number of benzene rings is 2. The molecule has 0 fully saturated rings. The molecule has 1 aliphatic rings. The van der Waals surface area contributed by atoms with Crippen molar-refractivity contribution < 1.29 is 13.2 Å². The Labute approximate surface area is 169 Å². The SMILES string of the molecule is CCN(c1cccc(C)c1)S(=O)(=O)c1cc2c(cc1Br)CC(C)N2C(C)=O. The van der Waals surface area contributed by atoms with E-state index in [0.29, 0.717) is 28.8 Å². The van der Waals surface area contributed by atoms with Crippen molar-refractivity contribution in [1.82, 2.24) is 0 Å². The predicted molar refractivity (Wildman–Crippen MR) is 112 cm³/mol. The average Bonchev–Trinajstić information content (AvgIpc) is 2.89. The average molecular weight is 451 g/mol. The summed E-state index contributed by atoms with van der Waals surface area (Å²) >= 11 is 3.44. The number of rotatable bonds is 4. The molecule has 0 saturated heterocycles. The lowest BCUT2D eigenvalue weighted by Crippen LogP contribution is -2.34. The number of halogens is 1. The fourth-order valence-electron chi connectivity index (χ4n) is 3.69. The Morgan fingerprint density at radius 3 is 2.59 bits per heavy atom. The second-order valence-corrected chi connectivity index (χ2v) is 9.55. The van der Waals surface area contributed by atoms with Crippen LogP contribution in [0.5, 0.6) is 0 Å². The lowest BCUT2D eigenvalue weighted by Gasteiger charge is -2.25. The van der Waals surface area contributed by atoms with Crippen LogP contribution < -0.4 is 9.21 Å². The second kappa shape index (κ2) is 7.28. The Morgan fingerprint density at radius 1 is 1.30 bits per heavy atom. The van der Waals surface area contributed by atoms with E-state index in [1.165, 1.54) is 11.2 Å². The molecule has 5 nitrogen and oxygen atoms in total. The van der Waals surface area contributed by atoms with Crippen molar-refractivity contribution in [3.8, 4) is 0 Å². The van der Waals surface area contributed by atoms with Gasteiger partial charge in [0.25, 0.3) is 10.0 Å². The lowest BCUT2D eigenvalue weighted by molar-refractivity contribution is -0.116. The molecule has 0 N–H and O–H groups in total. The van der Waals surface area contributed by atoms with E-state index < -0.39 is 10.0 Å². The van der Waals surface area contributed by atoms with Crippen LogP contribution in [0.1, 0.15) is 31.9 Å². The molecule has 0 bridgehead atoms. The van der Waals surface area contributed by atoms with Crippen molar-refractivity contribution >= 4 is 43.2 Å². The molecule has 0 spiro atoms. The first-order valence-corrected chi connectivity index (χ1v) is 11.1. The lowest BCUT2D eigenvalue weighted by atomic mass is 10.1. The van der Waals surface area contributed by atoms with Crippen LogP contribution in [0.2, 0.25) is 0 Å². The standard InChI is InChI=1S/C20H23BrN2O3S/c1-5-22(17-8-6-7-13(2)9-17)27(25,26)20-12-19-16(11-18(20)21)10-14(3)23(19)15(4)24/h6-9,11-12,14H,5,10H2,1-4H3. The molecule has 0 radical (unpaired) electrons. The molecule has 3 rings (SSSR count). The van der Waals surface area contributed by atoms with Gasteiger partial charge in [0.15, 0.2) is 0 Å². The maximum absolute atomic E-state index is 13.4. The number of carbonyl (C=O) groups is 1. The first-order valence-electron chi connectivity index (χ1n) is 8.88. The van der Waals surface area contributed by atoms with E-state index in [2.05, 4.69) is 15.9 Å². The highest BCUT2D eigenvalue weighted by molar-refractivity contribution is 9.10. The molecule has 2 aromatic rings. The summed E-state index contributed by atoms with van der Waals surface area (Å²) in [6.07, 6.45) is 0.712. The van der Waals surface area contributed by atoms with Crippen LogP contribution in [0.25, 0.3) is 0 Å². The number of anilines is 2. The predicted octanol–water partition coefficient (Wildman–Crippen LogP) is 4.27. The topological polar surface area (TPSA) is 57.7 Å². The summed E-state index contributed by atoms with van der Waals surface area (Å²) in [7, 11) is -3.79. The number of aryl methyl sites for hydroxylation is 1. The minimum absolute atomic E-state index is 0.0152. The minimum Gasteiger partial charge on any atom is -0.309 e. The number of fused-ring (bicyclic) bond motifs is 1. The number of carbonyl (C=O) groups excluding carboxylic acids is 1. The first kappa shape index (κ1) is 19.9. The molecular formula is C20H23BrN2O3S. The van der Waals surface area contributed by atoms with Crippen molar-refractivity contribution in [3.63, 3.8) is 0 Å². The molecule has 1 aliphatic heterocycles. The number of hydrogen-bond donors (Lipinski definition) is 0. The molecule has 2 aromatic carbocycles. The third-order valence-corrected chi connectivity index (χ3v) is 7.69. The van der Waals surface area contributed by atoms with E-state index >= 15 is 0 Å². The third-order valence-electron chi connectivity index (χ3n) is 4.83. The Hall–Kier alpha value is -1.86. The molecule has 1 unspecified atom stereocenters. The van der Waals surface area contributed by atoms with Crippen LogP contribution in [0.3, 0.4) is 0 Å². The van der Waals surface area contributed by atoms with Crippen LogP contribution in [0, 0.1) is 6.92 Å². The zero-order chi connectivity index (χ0) is 19.9. The summed E-state index contributed by atoms with van der Waals surface area (Å²) in [6, 6.07) is 10.9. The van der Waals surface area contributed by atoms with E-state index in [4.69, 9.17) is 0 Å². The van der Waals surface area contributed by atoms with Gasteiger partial charge in [-0.05, 0) is 78.5 Å². The fraction of sp³-hybridized carbons (Fsp3) is 0.350. The third kappa shape index (κ3) is 3.50. The summed E-state index contributed by atoms with van der Waals surface area (Å²) in [4.78, 5) is 13.9. The van der Waals surface area contributed by atoms with E-state index in [9.17, 15) is 13.2 Å². The summed E-state index contributed by atoms with van der Waals surface area (Å²) in [5, 5.41) is 0. The Balaban J connectivity index is 2.14. The summed E-state index contributed by atoms with van der Waals surface area (Å²) < 4.78 is 28.8. The van der Waals surface area contributed by atoms with Gasteiger partial charge >= 0.3 is 0 Å². The number of nitrogens with zero attached hydrogens (tertiary/aromatic N) is 2. The van der Waals surface area contributed by atoms with Gasteiger partial charge in [0.05, 0.1) is 5.69 Å². The Bertz CT molecular complexity index is 1000. The van der Waals surface area contributed by atoms with Crippen molar-refractivity contribution in [2.45, 2.75) is 45.1 Å². The number of sulfonamides is 1. The van der Waals surface area contributed by atoms with Crippen LogP contribution in [0.15, 0.2) is 45.8 Å². The van der Waals surface area contributed by atoms with Gasteiger partial charge in [-0.25, -0.2) is 8.42 Å². The van der Waals surface area contributed by atoms with Gasteiger partial charge in [-0.3, -0.25) is 9.10 Å². The summed E-state index contributed by atoms with van der Waals surface area (Å²) in [5.74, 6) is -0.0852. The molecule has 1 amide bonds. The molecule has 0 saturated carbocycles. The quantitative estimate of drug-likeness (QED) is 0.698. The molecule has 7 heteroatoms. The van der Waals surface area contributed by atoms with Gasteiger partial charge in [0.1, 0.15) is 4.90 Å². The van der Waals surface area contributed by atoms with Gasteiger partial charge in [-0.15, -0.1) is 0 Å². The summed E-state index contributed by atoms with van der Waals surface area (Å²) in [5.41, 5.74) is 3.27. The van der Waals surface area contributed by atoms with Gasteiger partial charge in [-0.1, -0.05) is 12.1 Å². The summed E-state index contributed by atoms with van der Waals surface area (Å²) in [6.45, 7) is 7.52. The molecule has 0 aliphatic carbocycles. The normalized spacial score (nSPS) is 16.3. The van der Waals surface area contributed by atoms with E-state index in [1.807, 2.05) is 45.0 Å². The maximum Gasteiger partial charge on any atom is 0.265 e. The molecule has 0 aromatic heterocycles. The number of hydrogen-bond acceptors (Lipinski definition) is 3. The smallest absolute Gasteiger partial charge is 0.265 e. The van der Waals surface area contributed by atoms with Crippen LogP contribution in [-0.4, -0.2) is 26.9 Å². The molecule has 144 valence electrons. The van der Waals surface area contributed by atoms with Crippen molar-refractivity contribution in [3.05, 3.63) is 52.0 Å². The Kier molecular flexibility index (Phi) is 5.36. The molecule has 1 heterocycles. The fourth-order valence-corrected chi connectivity index (χ4v) is 6.23. The van der Waals surface area contributed by atoms with E-state index in [1.54, 1.807) is 17.0 Å². The Morgan fingerprint density at radius 2 is 2.00 bits per heavy atom. The molecular weight excluding hydrogens is 428 g/mol. The van der Waals surface area contributed by atoms with Crippen molar-refractivity contribution in [1.29, 1.82) is 0 Å². The maximum atomic E-state index is 13.4. The highest BCUT2D eigenvalue weighted by Crippen LogP contribution is 2.39. The van der Waals surface area contributed by atoms with Crippen LogP contribution >= 0.6 is 15.9 Å². The zero-order valence-electron chi connectivity index (χ0n) is 15.9. The molecule has 1 atom stereocenters. The van der Waals surface area contributed by atoms with E-state index in [0.717, 1.165) is 11.1 Å². The van der Waals surface area contributed by atoms with Gasteiger partial charge < -0.3 is 4.90 Å². The highest BCUT2D eigenvalue weighted by atomic mass is 79.9. The minimum atomic E-state index is -3.79. The highest BCUT2D eigenvalue weighted by Gasteiger charge is 2.33. The molecule has 27 heavy (non-hydrogen) atoms. The van der Waals surface area contributed by atoms with Crippen LogP contribution in [-0.2, 0) is 21.2 Å². The first-order chi connectivity index (χ1) is 12.7. The largest absolute Gasteiger partial charge is 0.309 e. The zero-order valence-corrected chi connectivity index (χ0v) is 18.3. The van der Waals surface area contributed by atoms with Gasteiger partial charge in [-0.2, -0.15) is 0 Å². The van der Waals surface area contributed by atoms with E-state index in [-0.39, 0.29) is 16.8 Å². The van der Waals surface area contributed by atoms with Crippen molar-refractivity contribution in [2.75, 3.05) is 15.7 Å². The van der Waals surface area contributed by atoms with Crippen LogP contribution in [0.4, 0.5) is 11.4 Å². The van der Waals surface area contributed by atoms with Crippen molar-refractivity contribution in [2.24, 2.45) is 0 Å².